The highest BCUT2D eigenvalue weighted by Gasteiger charge is 2.19. The van der Waals surface area contributed by atoms with Crippen molar-refractivity contribution < 1.29 is 9.72 Å². The van der Waals surface area contributed by atoms with E-state index in [0.29, 0.717) is 22.4 Å². The lowest BCUT2D eigenvalue weighted by atomic mass is 10.2. The van der Waals surface area contributed by atoms with Crippen molar-refractivity contribution in [2.24, 2.45) is 0 Å². The van der Waals surface area contributed by atoms with Crippen LogP contribution in [0.15, 0.2) is 78.1 Å². The SMILES string of the molecule is Cc1ccnc(NC(=O)CSc2nnc(-c3cccc([N+](=O)[O-])c3)n2-c2ccccc2)c1. The number of para-hydroxylation sites is 1. The number of nitro groups is 1. The quantitative estimate of drug-likeness (QED) is 0.256. The maximum atomic E-state index is 12.4. The number of aromatic nitrogens is 4. The Morgan fingerprint density at radius 1 is 1.09 bits per heavy atom. The fraction of sp³-hybridized carbons (Fsp3) is 0.0909. The number of carbonyl (C=O) groups excluding carboxylic acids is 1. The Hall–Kier alpha value is -4.05. The number of hydrogen-bond donors (Lipinski definition) is 1. The Balaban J connectivity index is 1.62. The minimum atomic E-state index is -0.452. The van der Waals surface area contributed by atoms with Crippen LogP contribution < -0.4 is 5.32 Å². The van der Waals surface area contributed by atoms with E-state index in [9.17, 15) is 14.9 Å². The number of anilines is 1. The van der Waals surface area contributed by atoms with Crippen LogP contribution in [0.1, 0.15) is 5.56 Å². The number of rotatable bonds is 7. The van der Waals surface area contributed by atoms with E-state index in [1.54, 1.807) is 29.0 Å². The first-order valence-corrected chi connectivity index (χ1v) is 10.6. The number of pyridine rings is 1. The van der Waals surface area contributed by atoms with Gasteiger partial charge in [-0.2, -0.15) is 0 Å². The van der Waals surface area contributed by atoms with E-state index >= 15 is 0 Å². The Morgan fingerprint density at radius 2 is 1.91 bits per heavy atom. The summed E-state index contributed by atoms with van der Waals surface area (Å²) in [7, 11) is 0. The van der Waals surface area contributed by atoms with Crippen molar-refractivity contribution in [3.63, 3.8) is 0 Å². The van der Waals surface area contributed by atoms with Crippen LogP contribution in [0.25, 0.3) is 17.1 Å². The number of amides is 1. The third-order valence-electron chi connectivity index (χ3n) is 4.48. The summed E-state index contributed by atoms with van der Waals surface area (Å²) in [5.41, 5.74) is 2.29. The van der Waals surface area contributed by atoms with Crippen molar-refractivity contribution in [1.82, 2.24) is 19.7 Å². The molecule has 0 saturated heterocycles. The highest BCUT2D eigenvalue weighted by molar-refractivity contribution is 7.99. The summed E-state index contributed by atoms with van der Waals surface area (Å²) in [5, 5.41) is 23.0. The molecule has 0 aliphatic heterocycles. The first-order chi connectivity index (χ1) is 15.5. The molecule has 0 bridgehead atoms. The standard InChI is InChI=1S/C22H18N6O3S/c1-15-10-11-23-19(12-15)24-20(29)14-32-22-26-25-21(27(22)17-7-3-2-4-8-17)16-6-5-9-18(13-16)28(30)31/h2-13H,14H2,1H3,(H,23,24,29). The molecule has 0 aliphatic carbocycles. The maximum absolute atomic E-state index is 12.4. The third-order valence-corrected chi connectivity index (χ3v) is 5.41. The second-order valence-corrected chi connectivity index (χ2v) is 7.78. The van der Waals surface area contributed by atoms with Gasteiger partial charge in [0.1, 0.15) is 5.82 Å². The summed E-state index contributed by atoms with van der Waals surface area (Å²) < 4.78 is 1.78. The van der Waals surface area contributed by atoms with E-state index in [1.807, 2.05) is 43.3 Å². The van der Waals surface area contributed by atoms with E-state index < -0.39 is 4.92 Å². The Labute approximate surface area is 187 Å². The number of hydrogen-bond acceptors (Lipinski definition) is 7. The average Bonchev–Trinajstić information content (AvgIpc) is 3.22. The van der Waals surface area contributed by atoms with Gasteiger partial charge >= 0.3 is 0 Å². The van der Waals surface area contributed by atoms with Crippen molar-refractivity contribution in [3.8, 4) is 17.1 Å². The molecule has 0 saturated carbocycles. The van der Waals surface area contributed by atoms with Gasteiger partial charge in [0.05, 0.1) is 10.7 Å². The number of thioether (sulfide) groups is 1. The minimum Gasteiger partial charge on any atom is -0.310 e. The van der Waals surface area contributed by atoms with Gasteiger partial charge in [-0.3, -0.25) is 19.5 Å². The molecule has 1 N–H and O–H groups in total. The molecule has 0 atom stereocenters. The molecule has 2 heterocycles. The lowest BCUT2D eigenvalue weighted by molar-refractivity contribution is -0.384. The van der Waals surface area contributed by atoms with Crippen LogP contribution in [-0.2, 0) is 4.79 Å². The number of nitro benzene ring substituents is 1. The summed E-state index contributed by atoms with van der Waals surface area (Å²) in [5.74, 6) is 0.795. The number of carbonyl (C=O) groups is 1. The van der Waals surface area contributed by atoms with Crippen molar-refractivity contribution in [1.29, 1.82) is 0 Å². The average molecular weight is 446 g/mol. The molecule has 2 aromatic heterocycles. The Morgan fingerprint density at radius 3 is 2.66 bits per heavy atom. The lowest BCUT2D eigenvalue weighted by Crippen LogP contribution is -2.15. The molecule has 9 nitrogen and oxygen atoms in total. The van der Waals surface area contributed by atoms with Crippen LogP contribution in [0.5, 0.6) is 0 Å². The van der Waals surface area contributed by atoms with Crippen molar-refractivity contribution >= 4 is 29.2 Å². The lowest BCUT2D eigenvalue weighted by Gasteiger charge is -2.10. The first kappa shape index (κ1) is 21.2. The Bertz CT molecular complexity index is 1280. The zero-order valence-electron chi connectivity index (χ0n) is 17.0. The molecular formula is C22H18N6O3S. The van der Waals surface area contributed by atoms with E-state index in [4.69, 9.17) is 0 Å². The van der Waals surface area contributed by atoms with Gasteiger partial charge in [0.2, 0.25) is 5.91 Å². The van der Waals surface area contributed by atoms with Crippen LogP contribution >= 0.6 is 11.8 Å². The molecule has 2 aromatic carbocycles. The number of benzene rings is 2. The highest BCUT2D eigenvalue weighted by Crippen LogP contribution is 2.29. The second kappa shape index (κ2) is 9.40. The molecule has 4 aromatic rings. The largest absolute Gasteiger partial charge is 0.310 e. The number of nitrogens with zero attached hydrogens (tertiary/aromatic N) is 5. The molecule has 0 fully saturated rings. The molecular weight excluding hydrogens is 428 g/mol. The van der Waals surface area contributed by atoms with Gasteiger partial charge in [0, 0.05) is 29.6 Å². The summed E-state index contributed by atoms with van der Waals surface area (Å²) >= 11 is 1.22. The second-order valence-electron chi connectivity index (χ2n) is 6.84. The van der Waals surface area contributed by atoms with Crippen LogP contribution in [0.3, 0.4) is 0 Å². The van der Waals surface area contributed by atoms with Gasteiger partial charge in [-0.1, -0.05) is 42.1 Å². The van der Waals surface area contributed by atoms with Crippen molar-refractivity contribution in [2.75, 3.05) is 11.1 Å². The molecule has 0 aliphatic rings. The molecule has 4 rings (SSSR count). The van der Waals surface area contributed by atoms with Gasteiger partial charge in [0.25, 0.3) is 5.69 Å². The molecule has 1 amide bonds. The van der Waals surface area contributed by atoms with Gasteiger partial charge in [-0.15, -0.1) is 10.2 Å². The summed E-state index contributed by atoms with van der Waals surface area (Å²) in [6.07, 6.45) is 1.63. The smallest absolute Gasteiger partial charge is 0.270 e. The first-order valence-electron chi connectivity index (χ1n) is 9.62. The number of non-ortho nitro benzene ring substituents is 1. The fourth-order valence-electron chi connectivity index (χ4n) is 3.03. The van der Waals surface area contributed by atoms with Gasteiger partial charge < -0.3 is 5.32 Å². The van der Waals surface area contributed by atoms with Crippen molar-refractivity contribution in [2.45, 2.75) is 12.1 Å². The highest BCUT2D eigenvalue weighted by atomic mass is 32.2. The van der Waals surface area contributed by atoms with Crippen LogP contribution in [0.2, 0.25) is 0 Å². The third kappa shape index (κ3) is 4.81. The number of aryl methyl sites for hydroxylation is 1. The van der Waals surface area contributed by atoms with Crippen LogP contribution in [0, 0.1) is 17.0 Å². The van der Waals surface area contributed by atoms with E-state index in [2.05, 4.69) is 20.5 Å². The Kier molecular flexibility index (Phi) is 6.22. The van der Waals surface area contributed by atoms with Crippen LogP contribution in [0.4, 0.5) is 11.5 Å². The molecule has 0 unspecified atom stereocenters. The fourth-order valence-corrected chi connectivity index (χ4v) is 3.78. The van der Waals surface area contributed by atoms with E-state index in [-0.39, 0.29) is 17.3 Å². The van der Waals surface area contributed by atoms with Crippen molar-refractivity contribution in [3.05, 3.63) is 88.6 Å². The molecule has 160 valence electrons. The summed E-state index contributed by atoms with van der Waals surface area (Å²) in [4.78, 5) is 27.3. The zero-order chi connectivity index (χ0) is 22.5. The summed E-state index contributed by atoms with van der Waals surface area (Å²) in [6.45, 7) is 1.92. The molecule has 0 spiro atoms. The van der Waals surface area contributed by atoms with Gasteiger partial charge in [0.15, 0.2) is 11.0 Å². The van der Waals surface area contributed by atoms with Crippen LogP contribution in [-0.4, -0.2) is 36.3 Å². The summed E-state index contributed by atoms with van der Waals surface area (Å²) in [6, 6.07) is 19.2. The predicted octanol–water partition coefficient (Wildman–Crippen LogP) is 4.28. The minimum absolute atomic E-state index is 0.0376. The molecule has 0 radical (unpaired) electrons. The monoisotopic (exact) mass is 446 g/mol. The van der Waals surface area contributed by atoms with E-state index in [1.165, 1.54) is 23.9 Å². The predicted molar refractivity (Wildman–Crippen MR) is 122 cm³/mol. The normalized spacial score (nSPS) is 10.7. The van der Waals surface area contributed by atoms with E-state index in [0.717, 1.165) is 11.3 Å². The number of nitrogens with one attached hydrogen (secondary N) is 1. The zero-order valence-corrected chi connectivity index (χ0v) is 17.8. The molecule has 10 heteroatoms. The topological polar surface area (TPSA) is 116 Å². The van der Waals surface area contributed by atoms with Gasteiger partial charge in [-0.25, -0.2) is 4.98 Å². The van der Waals surface area contributed by atoms with Gasteiger partial charge in [-0.05, 0) is 36.8 Å². The maximum Gasteiger partial charge on any atom is 0.270 e. The molecule has 32 heavy (non-hydrogen) atoms.